The van der Waals surface area contributed by atoms with Crippen LogP contribution in [0.2, 0.25) is 0 Å². The van der Waals surface area contributed by atoms with Crippen LogP contribution < -0.4 is 0 Å². The topological polar surface area (TPSA) is 51.8 Å². The second-order valence-electron chi connectivity index (χ2n) is 15.5. The Bertz CT molecular complexity index is 3650. The highest BCUT2D eigenvalue weighted by molar-refractivity contribution is 6.16. The molecule has 12 rings (SSSR count). The third kappa shape index (κ3) is 6.04. The van der Waals surface area contributed by atoms with Crippen molar-refractivity contribution in [2.45, 2.75) is 0 Å². The molecule has 61 heavy (non-hydrogen) atoms. The lowest BCUT2D eigenvalue weighted by atomic mass is 9.94. The van der Waals surface area contributed by atoms with Gasteiger partial charge in [0.1, 0.15) is 11.2 Å². The van der Waals surface area contributed by atoms with Crippen LogP contribution in [0.25, 0.3) is 122 Å². The highest BCUT2D eigenvalue weighted by Crippen LogP contribution is 2.43. The summed E-state index contributed by atoms with van der Waals surface area (Å²) in [5, 5.41) is 9.33. The summed E-state index contributed by atoms with van der Waals surface area (Å²) in [6.07, 6.45) is 0. The van der Waals surface area contributed by atoms with Crippen LogP contribution in [-0.4, -0.2) is 15.0 Å². The summed E-state index contributed by atoms with van der Waals surface area (Å²) < 4.78 is 6.68. The molecule has 0 unspecified atom stereocenters. The van der Waals surface area contributed by atoms with E-state index in [-0.39, 0.29) is 0 Å². The Labute approximate surface area is 352 Å². The third-order valence-corrected chi connectivity index (χ3v) is 11.9. The van der Waals surface area contributed by atoms with Crippen LogP contribution in [0.5, 0.6) is 0 Å². The van der Waals surface area contributed by atoms with Gasteiger partial charge in [-0.3, -0.25) is 0 Å². The quantitative estimate of drug-likeness (QED) is 0.158. The summed E-state index contributed by atoms with van der Waals surface area (Å²) in [5.74, 6) is 1.82. The van der Waals surface area contributed by atoms with Crippen molar-refractivity contribution < 1.29 is 4.42 Å². The van der Waals surface area contributed by atoms with E-state index in [2.05, 4.69) is 206 Å². The van der Waals surface area contributed by atoms with E-state index in [0.29, 0.717) is 17.5 Å². The monoisotopic (exact) mass is 777 g/mol. The maximum atomic E-state index is 6.68. The van der Waals surface area contributed by atoms with Gasteiger partial charge in [0.25, 0.3) is 0 Å². The fourth-order valence-electron chi connectivity index (χ4n) is 8.92. The molecular formula is C57H35N3O. The van der Waals surface area contributed by atoms with Gasteiger partial charge in [0, 0.05) is 33.0 Å². The highest BCUT2D eigenvalue weighted by atomic mass is 16.3. The molecule has 4 nitrogen and oxygen atoms in total. The molecule has 0 fully saturated rings. The Morgan fingerprint density at radius 3 is 1.70 bits per heavy atom. The molecule has 0 radical (unpaired) electrons. The van der Waals surface area contributed by atoms with Crippen LogP contribution in [0.15, 0.2) is 217 Å². The molecule has 4 heteroatoms. The smallest absolute Gasteiger partial charge is 0.164 e. The van der Waals surface area contributed by atoms with E-state index in [1.807, 2.05) is 6.07 Å². The molecule has 0 N–H and O–H groups in total. The number of para-hydroxylation sites is 1. The maximum Gasteiger partial charge on any atom is 0.164 e. The van der Waals surface area contributed by atoms with Crippen molar-refractivity contribution in [1.82, 2.24) is 15.0 Å². The van der Waals surface area contributed by atoms with Gasteiger partial charge in [0.05, 0.1) is 0 Å². The van der Waals surface area contributed by atoms with Crippen molar-refractivity contribution in [3.8, 4) is 67.5 Å². The molecule has 0 aliphatic rings. The van der Waals surface area contributed by atoms with Gasteiger partial charge in [0.2, 0.25) is 0 Å². The standard InChI is InChI=1S/C57H35N3O/c1-2-13-38(14-3-1)47-20-10-22-51-53-49(21-11-23-52(53)61-54(47)51)48-18-8-9-19-50(48)57-59-55(40-28-24-37(25-29-40)42-30-26-36-12-4-5-16-41(36)34-42)58-56(60-57)44-32-33-46-43(35-44)31-27-39-15-6-7-17-45(39)46/h1-35H. The van der Waals surface area contributed by atoms with Crippen LogP contribution in [0.4, 0.5) is 0 Å². The fourth-order valence-corrected chi connectivity index (χ4v) is 8.92. The molecular weight excluding hydrogens is 743 g/mol. The van der Waals surface area contributed by atoms with Gasteiger partial charge in [-0.25, -0.2) is 15.0 Å². The molecule has 284 valence electrons. The molecule has 0 spiro atoms. The van der Waals surface area contributed by atoms with Crippen molar-refractivity contribution in [3.05, 3.63) is 212 Å². The van der Waals surface area contributed by atoms with E-state index in [4.69, 9.17) is 19.4 Å². The lowest BCUT2D eigenvalue weighted by molar-refractivity contribution is 0.670. The molecule has 10 aromatic carbocycles. The molecule has 0 amide bonds. The van der Waals surface area contributed by atoms with Crippen molar-refractivity contribution in [2.24, 2.45) is 0 Å². The summed E-state index contributed by atoms with van der Waals surface area (Å²) in [4.78, 5) is 15.8. The highest BCUT2D eigenvalue weighted by Gasteiger charge is 2.20. The van der Waals surface area contributed by atoms with Gasteiger partial charge in [-0.1, -0.05) is 194 Å². The molecule has 0 saturated carbocycles. The number of hydrogen-bond acceptors (Lipinski definition) is 4. The molecule has 12 aromatic rings. The number of furan rings is 1. The molecule has 2 heterocycles. The van der Waals surface area contributed by atoms with E-state index in [9.17, 15) is 0 Å². The lowest BCUT2D eigenvalue weighted by Gasteiger charge is -2.13. The number of aromatic nitrogens is 3. The van der Waals surface area contributed by atoms with E-state index >= 15 is 0 Å². The number of benzene rings is 10. The average Bonchev–Trinajstić information content (AvgIpc) is 3.73. The Morgan fingerprint density at radius 1 is 0.279 bits per heavy atom. The second-order valence-corrected chi connectivity index (χ2v) is 15.5. The Hall–Kier alpha value is -8.21. The minimum Gasteiger partial charge on any atom is -0.455 e. The average molecular weight is 778 g/mol. The summed E-state index contributed by atoms with van der Waals surface area (Å²) >= 11 is 0. The van der Waals surface area contributed by atoms with Crippen LogP contribution >= 0.6 is 0 Å². The molecule has 0 atom stereocenters. The predicted molar refractivity (Wildman–Crippen MR) is 252 cm³/mol. The third-order valence-electron chi connectivity index (χ3n) is 11.9. The molecule has 0 bridgehead atoms. The first-order valence-electron chi connectivity index (χ1n) is 20.6. The molecule has 0 aliphatic heterocycles. The molecule has 0 aliphatic carbocycles. The second kappa shape index (κ2) is 14.3. The van der Waals surface area contributed by atoms with Gasteiger partial charge in [-0.05, 0) is 78.3 Å². The summed E-state index contributed by atoms with van der Waals surface area (Å²) in [5.41, 5.74) is 11.0. The van der Waals surface area contributed by atoms with E-state index in [1.54, 1.807) is 0 Å². The minimum atomic E-state index is 0.600. The van der Waals surface area contributed by atoms with Crippen LogP contribution in [-0.2, 0) is 0 Å². The van der Waals surface area contributed by atoms with Gasteiger partial charge >= 0.3 is 0 Å². The van der Waals surface area contributed by atoms with E-state index in [0.717, 1.165) is 77.4 Å². The van der Waals surface area contributed by atoms with Gasteiger partial charge in [-0.2, -0.15) is 0 Å². The Balaban J connectivity index is 1.03. The van der Waals surface area contributed by atoms with E-state index in [1.165, 1.54) is 26.9 Å². The summed E-state index contributed by atoms with van der Waals surface area (Å²) in [6, 6.07) is 74.6. The summed E-state index contributed by atoms with van der Waals surface area (Å²) in [7, 11) is 0. The van der Waals surface area contributed by atoms with Gasteiger partial charge in [-0.15, -0.1) is 0 Å². The number of nitrogens with zero attached hydrogens (tertiary/aromatic N) is 3. The van der Waals surface area contributed by atoms with Crippen LogP contribution in [0, 0.1) is 0 Å². The zero-order valence-electron chi connectivity index (χ0n) is 33.0. The Kier molecular flexibility index (Phi) is 8.13. The van der Waals surface area contributed by atoms with E-state index < -0.39 is 0 Å². The van der Waals surface area contributed by atoms with Crippen molar-refractivity contribution in [3.63, 3.8) is 0 Å². The zero-order valence-corrected chi connectivity index (χ0v) is 33.0. The number of rotatable bonds is 6. The minimum absolute atomic E-state index is 0.600. The SMILES string of the molecule is c1ccc(-c2cccc3c2oc2cccc(-c4ccccc4-c4nc(-c5ccc(-c6ccc7ccccc7c6)cc5)nc(-c5ccc6c(ccc7ccccc76)c5)n4)c23)cc1. The predicted octanol–water partition coefficient (Wildman–Crippen LogP) is 15.2. The maximum absolute atomic E-state index is 6.68. The lowest BCUT2D eigenvalue weighted by Crippen LogP contribution is -2.01. The number of fused-ring (bicyclic) bond motifs is 7. The van der Waals surface area contributed by atoms with Gasteiger partial charge in [0.15, 0.2) is 17.5 Å². The van der Waals surface area contributed by atoms with Crippen molar-refractivity contribution >= 4 is 54.3 Å². The first kappa shape index (κ1) is 34.8. The van der Waals surface area contributed by atoms with Crippen molar-refractivity contribution in [2.75, 3.05) is 0 Å². The zero-order chi connectivity index (χ0) is 40.3. The first-order valence-corrected chi connectivity index (χ1v) is 20.6. The van der Waals surface area contributed by atoms with Crippen LogP contribution in [0.1, 0.15) is 0 Å². The molecule has 0 saturated heterocycles. The number of hydrogen-bond donors (Lipinski definition) is 0. The normalized spacial score (nSPS) is 11.6. The Morgan fingerprint density at radius 2 is 0.836 bits per heavy atom. The van der Waals surface area contributed by atoms with Crippen molar-refractivity contribution in [1.29, 1.82) is 0 Å². The summed E-state index contributed by atoms with van der Waals surface area (Å²) in [6.45, 7) is 0. The largest absolute Gasteiger partial charge is 0.455 e. The fraction of sp³-hybridized carbons (Fsp3) is 0. The first-order chi connectivity index (χ1) is 30.2. The van der Waals surface area contributed by atoms with Gasteiger partial charge < -0.3 is 4.42 Å². The molecule has 2 aromatic heterocycles. The van der Waals surface area contributed by atoms with Crippen LogP contribution in [0.3, 0.4) is 0 Å².